The van der Waals surface area contributed by atoms with Crippen molar-refractivity contribution in [2.75, 3.05) is 46.6 Å². The molecule has 0 amide bonds. The van der Waals surface area contributed by atoms with E-state index < -0.39 is 10.0 Å². The summed E-state index contributed by atoms with van der Waals surface area (Å²) >= 11 is 5.67. The molecule has 29 heavy (non-hydrogen) atoms. The number of sulfonamides is 1. The van der Waals surface area contributed by atoms with Crippen LogP contribution in [0.15, 0.2) is 59.5 Å². The van der Waals surface area contributed by atoms with Crippen molar-refractivity contribution in [1.29, 1.82) is 0 Å². The zero-order valence-electron chi connectivity index (χ0n) is 17.5. The lowest BCUT2D eigenvalue weighted by Gasteiger charge is -2.27. The van der Waals surface area contributed by atoms with E-state index in [1.807, 2.05) is 24.3 Å². The quantitative estimate of drug-likeness (QED) is 0.612. The second-order valence-corrected chi connectivity index (χ2v) is 9.85. The van der Waals surface area contributed by atoms with Crippen LogP contribution in [0.2, 0.25) is 0 Å². The van der Waals surface area contributed by atoms with Crippen LogP contribution in [0, 0.1) is 0 Å². The molecule has 0 aliphatic carbocycles. The van der Waals surface area contributed by atoms with Crippen LogP contribution in [0.1, 0.15) is 12.0 Å². The molecule has 2 aromatic rings. The maximum absolute atomic E-state index is 12.4. The van der Waals surface area contributed by atoms with Crippen molar-refractivity contribution in [3.8, 4) is 0 Å². The van der Waals surface area contributed by atoms with Crippen LogP contribution in [-0.4, -0.2) is 68.9 Å². The number of rotatable bonds is 9. The number of hydrogen-bond donors (Lipinski definition) is 1. The normalized spacial score (nSPS) is 11.7. The third-order valence-corrected chi connectivity index (χ3v) is 6.57. The zero-order chi connectivity index (χ0) is 21.4. The van der Waals surface area contributed by atoms with Gasteiger partial charge in [0.2, 0.25) is 10.0 Å². The largest absolute Gasteiger partial charge is 0.345 e. The Kier molecular flexibility index (Phi) is 8.58. The fraction of sp³-hybridized carbons (Fsp3) is 0.381. The molecule has 0 atom stereocenters. The van der Waals surface area contributed by atoms with E-state index in [2.05, 4.69) is 41.3 Å². The lowest BCUT2D eigenvalue weighted by atomic mass is 10.2. The third kappa shape index (κ3) is 7.08. The van der Waals surface area contributed by atoms with Gasteiger partial charge in [-0.25, -0.2) is 12.7 Å². The van der Waals surface area contributed by atoms with Crippen LogP contribution in [0.5, 0.6) is 0 Å². The lowest BCUT2D eigenvalue weighted by molar-refractivity contribution is 0.346. The van der Waals surface area contributed by atoms with Gasteiger partial charge in [0.25, 0.3) is 0 Å². The van der Waals surface area contributed by atoms with Gasteiger partial charge in [-0.3, -0.25) is 0 Å². The Morgan fingerprint density at radius 2 is 1.66 bits per heavy atom. The van der Waals surface area contributed by atoms with Crippen molar-refractivity contribution in [3.05, 3.63) is 60.2 Å². The Morgan fingerprint density at radius 1 is 0.966 bits per heavy atom. The van der Waals surface area contributed by atoms with Gasteiger partial charge in [0.1, 0.15) is 0 Å². The van der Waals surface area contributed by atoms with Gasteiger partial charge < -0.3 is 15.1 Å². The molecule has 0 aliphatic heterocycles. The highest BCUT2D eigenvalue weighted by Gasteiger charge is 2.18. The van der Waals surface area contributed by atoms with Crippen molar-refractivity contribution in [2.24, 2.45) is 0 Å². The summed E-state index contributed by atoms with van der Waals surface area (Å²) in [4.78, 5) is 4.49. The van der Waals surface area contributed by atoms with E-state index in [1.54, 1.807) is 18.2 Å². The second-order valence-electron chi connectivity index (χ2n) is 7.31. The first kappa shape index (κ1) is 23.3. The molecule has 0 aromatic heterocycles. The van der Waals surface area contributed by atoms with E-state index in [1.165, 1.54) is 24.0 Å². The number of hydrogen-bond acceptors (Lipinski definition) is 4. The summed E-state index contributed by atoms with van der Waals surface area (Å²) in [5, 5.41) is 3.79. The molecule has 0 unspecified atom stereocenters. The van der Waals surface area contributed by atoms with Crippen molar-refractivity contribution in [2.45, 2.75) is 17.9 Å². The third-order valence-electron chi connectivity index (χ3n) is 4.40. The predicted octanol–water partition coefficient (Wildman–Crippen LogP) is 3.09. The number of anilines is 1. The summed E-state index contributed by atoms with van der Waals surface area (Å²) in [7, 11) is 3.64. The monoisotopic (exact) mass is 434 g/mol. The molecule has 0 saturated carbocycles. The molecule has 0 aliphatic rings. The summed E-state index contributed by atoms with van der Waals surface area (Å²) in [5.41, 5.74) is 1.83. The Morgan fingerprint density at radius 3 is 2.28 bits per heavy atom. The van der Waals surface area contributed by atoms with Crippen molar-refractivity contribution in [1.82, 2.24) is 14.1 Å². The molecule has 8 heteroatoms. The Labute approximate surface area is 180 Å². The van der Waals surface area contributed by atoms with E-state index >= 15 is 0 Å². The number of benzene rings is 2. The molecular formula is C21H30N4O2S2. The van der Waals surface area contributed by atoms with E-state index in [0.717, 1.165) is 19.5 Å². The van der Waals surface area contributed by atoms with Gasteiger partial charge in [-0.2, -0.15) is 0 Å². The molecule has 2 aromatic carbocycles. The fourth-order valence-electron chi connectivity index (χ4n) is 2.78. The number of nitrogens with zero attached hydrogens (tertiary/aromatic N) is 3. The van der Waals surface area contributed by atoms with E-state index in [-0.39, 0.29) is 4.90 Å². The molecule has 1 N–H and O–H groups in total. The standard InChI is InChI=1S/C21H30N4O2S2/c1-23(2)14-9-15-25(17-18-10-6-5-7-11-18)21(28)22-19-12-8-13-20(16-19)29(26,27)24(3)4/h5-8,10-13,16H,9,14-15,17H2,1-4H3,(H,22,28). The summed E-state index contributed by atoms with van der Waals surface area (Å²) in [6.45, 7) is 2.45. The van der Waals surface area contributed by atoms with Gasteiger partial charge in [0.05, 0.1) is 4.90 Å². The maximum atomic E-state index is 12.4. The first-order valence-electron chi connectivity index (χ1n) is 9.47. The molecule has 158 valence electrons. The van der Waals surface area contributed by atoms with Gasteiger partial charge in [0.15, 0.2) is 5.11 Å². The molecule has 0 fully saturated rings. The predicted molar refractivity (Wildman–Crippen MR) is 124 cm³/mol. The molecule has 0 radical (unpaired) electrons. The SMILES string of the molecule is CN(C)CCCN(Cc1ccccc1)C(=S)Nc1cccc(S(=O)(=O)N(C)C)c1. The highest BCUT2D eigenvalue weighted by atomic mass is 32.2. The van der Waals surface area contributed by atoms with Crippen LogP contribution in [0.25, 0.3) is 0 Å². The van der Waals surface area contributed by atoms with Crippen LogP contribution in [-0.2, 0) is 16.6 Å². The lowest BCUT2D eigenvalue weighted by Crippen LogP contribution is -2.36. The molecule has 0 bridgehead atoms. The van der Waals surface area contributed by atoms with E-state index in [9.17, 15) is 8.42 Å². The fourth-order valence-corrected chi connectivity index (χ4v) is 4.00. The van der Waals surface area contributed by atoms with E-state index in [4.69, 9.17) is 12.2 Å². The number of thiocarbonyl (C=S) groups is 1. The highest BCUT2D eigenvalue weighted by Crippen LogP contribution is 2.19. The number of nitrogens with one attached hydrogen (secondary N) is 1. The molecule has 6 nitrogen and oxygen atoms in total. The molecule has 0 heterocycles. The van der Waals surface area contributed by atoms with Gasteiger partial charge >= 0.3 is 0 Å². The van der Waals surface area contributed by atoms with Gasteiger partial charge in [-0.15, -0.1) is 0 Å². The van der Waals surface area contributed by atoms with Crippen molar-refractivity contribution in [3.63, 3.8) is 0 Å². The zero-order valence-corrected chi connectivity index (χ0v) is 19.1. The first-order chi connectivity index (χ1) is 13.7. The van der Waals surface area contributed by atoms with Crippen LogP contribution < -0.4 is 5.32 Å². The average Bonchev–Trinajstić information content (AvgIpc) is 2.67. The molecular weight excluding hydrogens is 404 g/mol. The average molecular weight is 435 g/mol. The first-order valence-corrected chi connectivity index (χ1v) is 11.3. The molecule has 2 rings (SSSR count). The maximum Gasteiger partial charge on any atom is 0.242 e. The van der Waals surface area contributed by atoms with E-state index in [0.29, 0.717) is 17.3 Å². The summed E-state index contributed by atoms with van der Waals surface area (Å²) in [6, 6.07) is 16.9. The second kappa shape index (κ2) is 10.7. The Bertz CT molecular complexity index is 900. The Hall–Kier alpha value is -2.00. The summed E-state index contributed by atoms with van der Waals surface area (Å²) in [5.74, 6) is 0. The van der Waals surface area contributed by atoms with Gasteiger partial charge in [-0.1, -0.05) is 36.4 Å². The summed E-state index contributed by atoms with van der Waals surface area (Å²) < 4.78 is 26.0. The van der Waals surface area contributed by atoms with Gasteiger partial charge in [-0.05, 0) is 63.0 Å². The summed E-state index contributed by atoms with van der Waals surface area (Å²) in [6.07, 6.45) is 0.969. The minimum absolute atomic E-state index is 0.234. The van der Waals surface area contributed by atoms with Crippen LogP contribution in [0.3, 0.4) is 0 Å². The minimum atomic E-state index is -3.50. The Balaban J connectivity index is 2.16. The topological polar surface area (TPSA) is 55.9 Å². The van der Waals surface area contributed by atoms with Crippen molar-refractivity contribution < 1.29 is 8.42 Å². The molecule has 0 spiro atoms. The van der Waals surface area contributed by atoms with Crippen molar-refractivity contribution >= 4 is 33.0 Å². The minimum Gasteiger partial charge on any atom is -0.345 e. The van der Waals surface area contributed by atoms with Crippen LogP contribution in [0.4, 0.5) is 5.69 Å². The highest BCUT2D eigenvalue weighted by molar-refractivity contribution is 7.89. The smallest absolute Gasteiger partial charge is 0.242 e. The van der Waals surface area contributed by atoms with Gasteiger partial charge in [0, 0.05) is 32.9 Å². The van der Waals surface area contributed by atoms with Crippen LogP contribution >= 0.6 is 12.2 Å². The molecule has 0 saturated heterocycles.